The number of aryl methyl sites for hydroxylation is 2. The minimum Gasteiger partial charge on any atom is -0.508 e. The summed E-state index contributed by atoms with van der Waals surface area (Å²) in [5.74, 6) is -1.01. The van der Waals surface area contributed by atoms with Gasteiger partial charge in [0.1, 0.15) is 5.75 Å². The zero-order chi connectivity index (χ0) is 16.8. The average molecular weight is 313 g/mol. The van der Waals surface area contributed by atoms with Crippen molar-refractivity contribution >= 4 is 11.9 Å². The van der Waals surface area contributed by atoms with Gasteiger partial charge in [-0.25, -0.2) is 4.79 Å². The molecule has 0 fully saturated rings. The standard InChI is InChI=1S/C18H19NO4/c1-12-3-6-14(7-4-12)10-19-17(21)11-23-18(22)15-8-5-13(2)16(20)9-15/h3-9,20H,10-11H2,1-2H3,(H,19,21). The van der Waals surface area contributed by atoms with Crippen LogP contribution in [0.1, 0.15) is 27.0 Å². The maximum Gasteiger partial charge on any atom is 0.338 e. The van der Waals surface area contributed by atoms with E-state index in [4.69, 9.17) is 4.74 Å². The van der Waals surface area contributed by atoms with Crippen LogP contribution in [0.15, 0.2) is 42.5 Å². The summed E-state index contributed by atoms with van der Waals surface area (Å²) in [4.78, 5) is 23.5. The summed E-state index contributed by atoms with van der Waals surface area (Å²) in [6.45, 7) is 3.73. The van der Waals surface area contributed by atoms with Crippen LogP contribution in [-0.2, 0) is 16.1 Å². The first kappa shape index (κ1) is 16.5. The van der Waals surface area contributed by atoms with Crippen LogP contribution in [0.3, 0.4) is 0 Å². The lowest BCUT2D eigenvalue weighted by molar-refractivity contribution is -0.124. The summed E-state index contributed by atoms with van der Waals surface area (Å²) in [5.41, 5.74) is 2.99. The number of rotatable bonds is 5. The van der Waals surface area contributed by atoms with Crippen LogP contribution in [0.25, 0.3) is 0 Å². The van der Waals surface area contributed by atoms with Crippen molar-refractivity contribution in [3.05, 3.63) is 64.7 Å². The van der Waals surface area contributed by atoms with Crippen molar-refractivity contribution in [2.24, 2.45) is 0 Å². The van der Waals surface area contributed by atoms with Crippen LogP contribution in [0.4, 0.5) is 0 Å². The fourth-order valence-corrected chi connectivity index (χ4v) is 1.91. The molecule has 0 unspecified atom stereocenters. The fraction of sp³-hybridized carbons (Fsp3) is 0.222. The van der Waals surface area contributed by atoms with Gasteiger partial charge in [-0.3, -0.25) is 4.79 Å². The highest BCUT2D eigenvalue weighted by atomic mass is 16.5. The Labute approximate surface area is 134 Å². The van der Waals surface area contributed by atoms with E-state index < -0.39 is 5.97 Å². The Bertz CT molecular complexity index is 707. The quantitative estimate of drug-likeness (QED) is 0.832. The maximum absolute atomic E-state index is 11.8. The van der Waals surface area contributed by atoms with Crippen LogP contribution in [0.5, 0.6) is 5.75 Å². The molecule has 2 rings (SSSR count). The summed E-state index contributed by atoms with van der Waals surface area (Å²) >= 11 is 0. The first-order chi connectivity index (χ1) is 11.0. The van der Waals surface area contributed by atoms with Gasteiger partial charge in [0, 0.05) is 6.54 Å². The van der Waals surface area contributed by atoms with Gasteiger partial charge < -0.3 is 15.2 Å². The van der Waals surface area contributed by atoms with E-state index in [1.165, 1.54) is 6.07 Å². The predicted octanol–water partition coefficient (Wildman–Crippen LogP) is 2.48. The van der Waals surface area contributed by atoms with Gasteiger partial charge in [-0.1, -0.05) is 35.9 Å². The van der Waals surface area contributed by atoms with Crippen LogP contribution in [-0.4, -0.2) is 23.6 Å². The molecule has 0 saturated heterocycles. The predicted molar refractivity (Wildman–Crippen MR) is 86.2 cm³/mol. The summed E-state index contributed by atoms with van der Waals surface area (Å²) in [6.07, 6.45) is 0. The van der Waals surface area contributed by atoms with Gasteiger partial charge in [-0.15, -0.1) is 0 Å². The van der Waals surface area contributed by atoms with Gasteiger partial charge in [0.05, 0.1) is 5.56 Å². The van der Waals surface area contributed by atoms with Crippen molar-refractivity contribution in [2.45, 2.75) is 20.4 Å². The van der Waals surface area contributed by atoms with Crippen molar-refractivity contribution < 1.29 is 19.4 Å². The van der Waals surface area contributed by atoms with E-state index in [2.05, 4.69) is 5.32 Å². The number of esters is 1. The van der Waals surface area contributed by atoms with Gasteiger partial charge in [0.15, 0.2) is 6.61 Å². The molecule has 5 nitrogen and oxygen atoms in total. The number of nitrogens with one attached hydrogen (secondary N) is 1. The van der Waals surface area contributed by atoms with Crippen LogP contribution >= 0.6 is 0 Å². The Kier molecular flexibility index (Phi) is 5.36. The summed E-state index contributed by atoms with van der Waals surface area (Å²) in [7, 11) is 0. The number of hydrogen-bond acceptors (Lipinski definition) is 4. The van der Waals surface area contributed by atoms with Crippen LogP contribution in [0, 0.1) is 13.8 Å². The number of ether oxygens (including phenoxy) is 1. The zero-order valence-corrected chi connectivity index (χ0v) is 13.1. The second-order valence-corrected chi connectivity index (χ2v) is 5.34. The molecular formula is C18H19NO4. The molecule has 2 aromatic carbocycles. The van der Waals surface area contributed by atoms with Gasteiger partial charge in [-0.2, -0.15) is 0 Å². The Morgan fingerprint density at radius 1 is 1.09 bits per heavy atom. The molecule has 2 N–H and O–H groups in total. The SMILES string of the molecule is Cc1ccc(CNC(=O)COC(=O)c2ccc(C)c(O)c2)cc1. The molecule has 23 heavy (non-hydrogen) atoms. The van der Waals surface area contributed by atoms with E-state index in [9.17, 15) is 14.7 Å². The molecular weight excluding hydrogens is 294 g/mol. The van der Waals surface area contributed by atoms with Crippen molar-refractivity contribution in [3.8, 4) is 5.75 Å². The normalized spacial score (nSPS) is 10.2. The Hall–Kier alpha value is -2.82. The summed E-state index contributed by atoms with van der Waals surface area (Å²) < 4.78 is 4.93. The zero-order valence-electron chi connectivity index (χ0n) is 13.1. The van der Waals surface area contributed by atoms with Gasteiger partial charge in [0.2, 0.25) is 0 Å². The molecule has 0 saturated carbocycles. The highest BCUT2D eigenvalue weighted by Crippen LogP contribution is 2.17. The van der Waals surface area contributed by atoms with Crippen molar-refractivity contribution in [1.29, 1.82) is 0 Å². The molecule has 0 aliphatic rings. The smallest absolute Gasteiger partial charge is 0.338 e. The Morgan fingerprint density at radius 2 is 1.78 bits per heavy atom. The van der Waals surface area contributed by atoms with Gasteiger partial charge in [0.25, 0.3) is 5.91 Å². The second kappa shape index (κ2) is 7.45. The van der Waals surface area contributed by atoms with E-state index in [-0.39, 0.29) is 23.8 Å². The molecule has 0 heterocycles. The molecule has 5 heteroatoms. The topological polar surface area (TPSA) is 75.6 Å². The molecule has 2 aromatic rings. The highest BCUT2D eigenvalue weighted by Gasteiger charge is 2.11. The number of phenolic OH excluding ortho intramolecular Hbond substituents is 1. The third-order valence-electron chi connectivity index (χ3n) is 3.39. The number of hydrogen-bond donors (Lipinski definition) is 2. The monoisotopic (exact) mass is 313 g/mol. The maximum atomic E-state index is 11.8. The summed E-state index contributed by atoms with van der Waals surface area (Å²) in [6, 6.07) is 12.3. The number of amides is 1. The van der Waals surface area contributed by atoms with Crippen molar-refractivity contribution in [1.82, 2.24) is 5.32 Å². The minimum absolute atomic E-state index is 0.0169. The second-order valence-electron chi connectivity index (χ2n) is 5.34. The number of carbonyl (C=O) groups excluding carboxylic acids is 2. The number of aromatic hydroxyl groups is 1. The molecule has 120 valence electrons. The number of benzene rings is 2. The Balaban J connectivity index is 1.80. The lowest BCUT2D eigenvalue weighted by Gasteiger charge is -2.08. The third-order valence-corrected chi connectivity index (χ3v) is 3.39. The van der Waals surface area contributed by atoms with E-state index >= 15 is 0 Å². The van der Waals surface area contributed by atoms with Gasteiger partial charge in [-0.05, 0) is 37.1 Å². The van der Waals surface area contributed by atoms with Gasteiger partial charge >= 0.3 is 5.97 Å². The van der Waals surface area contributed by atoms with Crippen molar-refractivity contribution in [3.63, 3.8) is 0 Å². The van der Waals surface area contributed by atoms with Crippen LogP contribution < -0.4 is 5.32 Å². The Morgan fingerprint density at radius 3 is 2.43 bits per heavy atom. The van der Waals surface area contributed by atoms with E-state index in [0.29, 0.717) is 12.1 Å². The lowest BCUT2D eigenvalue weighted by Crippen LogP contribution is -2.28. The largest absolute Gasteiger partial charge is 0.508 e. The molecule has 1 amide bonds. The molecule has 0 bridgehead atoms. The van der Waals surface area contributed by atoms with E-state index in [1.807, 2.05) is 31.2 Å². The minimum atomic E-state index is -0.647. The lowest BCUT2D eigenvalue weighted by atomic mass is 10.1. The van der Waals surface area contributed by atoms with Crippen molar-refractivity contribution in [2.75, 3.05) is 6.61 Å². The third kappa shape index (κ3) is 4.85. The molecule has 0 spiro atoms. The fourth-order valence-electron chi connectivity index (χ4n) is 1.91. The molecule has 0 aliphatic heterocycles. The van der Waals surface area contributed by atoms with E-state index in [0.717, 1.165) is 11.1 Å². The summed E-state index contributed by atoms with van der Waals surface area (Å²) in [5, 5.41) is 12.2. The highest BCUT2D eigenvalue weighted by molar-refractivity contribution is 5.91. The number of carbonyl (C=O) groups is 2. The molecule has 0 aliphatic carbocycles. The number of phenols is 1. The van der Waals surface area contributed by atoms with Crippen LogP contribution in [0.2, 0.25) is 0 Å². The van der Waals surface area contributed by atoms with E-state index in [1.54, 1.807) is 19.1 Å². The molecule has 0 radical (unpaired) electrons. The molecule has 0 atom stereocenters. The molecule has 0 aromatic heterocycles. The first-order valence-corrected chi connectivity index (χ1v) is 7.24. The average Bonchev–Trinajstić information content (AvgIpc) is 2.54. The first-order valence-electron chi connectivity index (χ1n) is 7.24.